The number of rotatable bonds is 3. The first-order chi connectivity index (χ1) is 8.61. The van der Waals surface area contributed by atoms with Crippen LogP contribution in [0.1, 0.15) is 5.56 Å². The Balaban J connectivity index is 2.45. The van der Waals surface area contributed by atoms with Crippen molar-refractivity contribution in [2.24, 2.45) is 0 Å². The highest BCUT2D eigenvalue weighted by Crippen LogP contribution is 2.30. The molecule has 92 valence electrons. The van der Waals surface area contributed by atoms with Crippen molar-refractivity contribution in [3.05, 3.63) is 45.3 Å². The van der Waals surface area contributed by atoms with Gasteiger partial charge in [0.15, 0.2) is 0 Å². The van der Waals surface area contributed by atoms with Crippen LogP contribution >= 0.6 is 11.3 Å². The number of fused-ring (bicyclic) bond motifs is 1. The lowest BCUT2D eigenvalue weighted by atomic mass is 10.1. The summed E-state index contributed by atoms with van der Waals surface area (Å²) in [5.74, 6) is -0.459. The lowest BCUT2D eigenvalue weighted by Gasteiger charge is -1.94. The van der Waals surface area contributed by atoms with Crippen molar-refractivity contribution in [3.63, 3.8) is 0 Å². The summed E-state index contributed by atoms with van der Waals surface area (Å²) in [6.07, 6.45) is 2.88. The number of hydrogen-bond donors (Lipinski definition) is 0. The maximum Gasteiger partial charge on any atom is 0.330 e. The number of nitro benzene ring substituents is 1. The average molecular weight is 263 g/mol. The summed E-state index contributed by atoms with van der Waals surface area (Å²) in [6, 6.07) is 4.67. The van der Waals surface area contributed by atoms with Crippen LogP contribution in [0.15, 0.2) is 29.7 Å². The Hall–Kier alpha value is -2.21. The zero-order valence-electron chi connectivity index (χ0n) is 9.45. The molecule has 0 saturated carbocycles. The standard InChI is InChI=1S/C12H9NO4S/c1-17-12(14)5-2-8-7-18-11-4-3-9(13(15)16)6-10(8)11/h2-7H,1H3/b5-2+. The molecule has 0 fully saturated rings. The van der Waals surface area contributed by atoms with E-state index in [1.165, 1.54) is 36.7 Å². The number of benzene rings is 1. The number of carbonyl (C=O) groups is 1. The molecule has 2 rings (SSSR count). The van der Waals surface area contributed by atoms with Gasteiger partial charge in [0.1, 0.15) is 0 Å². The number of thiophene rings is 1. The summed E-state index contributed by atoms with van der Waals surface area (Å²) in [5.41, 5.74) is 0.803. The van der Waals surface area contributed by atoms with Crippen LogP contribution in [-0.4, -0.2) is 18.0 Å². The molecule has 0 amide bonds. The predicted molar refractivity (Wildman–Crippen MR) is 69.5 cm³/mol. The summed E-state index contributed by atoms with van der Waals surface area (Å²) >= 11 is 1.47. The quantitative estimate of drug-likeness (QED) is 0.369. The van der Waals surface area contributed by atoms with Gasteiger partial charge in [0.05, 0.1) is 12.0 Å². The average Bonchev–Trinajstić information content (AvgIpc) is 2.78. The van der Waals surface area contributed by atoms with Gasteiger partial charge in [0.2, 0.25) is 0 Å². The van der Waals surface area contributed by atoms with E-state index in [0.29, 0.717) is 0 Å². The molecule has 1 heterocycles. The van der Waals surface area contributed by atoms with Gasteiger partial charge < -0.3 is 4.74 Å². The third kappa shape index (κ3) is 2.38. The van der Waals surface area contributed by atoms with Crippen LogP contribution in [0.25, 0.3) is 16.2 Å². The number of hydrogen-bond acceptors (Lipinski definition) is 5. The molecule has 0 unspecified atom stereocenters. The van der Waals surface area contributed by atoms with Crippen molar-refractivity contribution >= 4 is 39.2 Å². The molecule has 1 aromatic carbocycles. The minimum Gasteiger partial charge on any atom is -0.466 e. The van der Waals surface area contributed by atoms with Gasteiger partial charge in [-0.3, -0.25) is 10.1 Å². The fraction of sp³-hybridized carbons (Fsp3) is 0.0833. The topological polar surface area (TPSA) is 69.4 Å². The van der Waals surface area contributed by atoms with Gasteiger partial charge in [-0.25, -0.2) is 4.79 Å². The predicted octanol–water partition coefficient (Wildman–Crippen LogP) is 3.00. The van der Waals surface area contributed by atoms with Gasteiger partial charge in [-0.15, -0.1) is 11.3 Å². The molecule has 6 heteroatoms. The summed E-state index contributed by atoms with van der Waals surface area (Å²) in [7, 11) is 1.29. The minimum atomic E-state index is -0.459. The normalized spacial score (nSPS) is 10.9. The smallest absolute Gasteiger partial charge is 0.330 e. The Labute approximate surface area is 106 Å². The fourth-order valence-corrected chi connectivity index (χ4v) is 2.42. The van der Waals surface area contributed by atoms with Gasteiger partial charge >= 0.3 is 5.97 Å². The molecule has 0 aliphatic carbocycles. The van der Waals surface area contributed by atoms with Crippen LogP contribution in [0.3, 0.4) is 0 Å². The molecule has 0 N–H and O–H groups in total. The van der Waals surface area contributed by atoms with Crippen molar-refractivity contribution in [2.45, 2.75) is 0 Å². The van der Waals surface area contributed by atoms with Gasteiger partial charge in [-0.1, -0.05) is 0 Å². The number of ether oxygens (including phenoxy) is 1. The monoisotopic (exact) mass is 263 g/mol. The number of carbonyl (C=O) groups excluding carboxylic acids is 1. The van der Waals surface area contributed by atoms with Crippen LogP contribution in [0.4, 0.5) is 5.69 Å². The molecular weight excluding hydrogens is 254 g/mol. The SMILES string of the molecule is COC(=O)/C=C/c1csc2ccc([N+](=O)[O-])cc12. The molecule has 18 heavy (non-hydrogen) atoms. The fourth-order valence-electron chi connectivity index (χ4n) is 1.51. The van der Waals surface area contributed by atoms with E-state index in [4.69, 9.17) is 0 Å². The lowest BCUT2D eigenvalue weighted by Crippen LogP contribution is -1.93. The zero-order valence-corrected chi connectivity index (χ0v) is 10.3. The van der Waals surface area contributed by atoms with Crippen molar-refractivity contribution in [1.29, 1.82) is 0 Å². The van der Waals surface area contributed by atoms with E-state index in [1.54, 1.807) is 12.1 Å². The first kappa shape index (κ1) is 12.3. The second-order valence-electron chi connectivity index (χ2n) is 3.49. The van der Waals surface area contributed by atoms with Gasteiger partial charge in [0.25, 0.3) is 5.69 Å². The van der Waals surface area contributed by atoms with E-state index in [2.05, 4.69) is 4.74 Å². The van der Waals surface area contributed by atoms with E-state index in [9.17, 15) is 14.9 Å². The second kappa shape index (κ2) is 4.97. The molecule has 0 bridgehead atoms. The molecule has 2 aromatic rings. The summed E-state index contributed by atoms with van der Waals surface area (Å²) < 4.78 is 5.43. The van der Waals surface area contributed by atoms with E-state index < -0.39 is 10.9 Å². The largest absolute Gasteiger partial charge is 0.466 e. The molecule has 0 radical (unpaired) electrons. The van der Waals surface area contributed by atoms with Crippen molar-refractivity contribution in [2.75, 3.05) is 7.11 Å². The van der Waals surface area contributed by atoms with Crippen molar-refractivity contribution < 1.29 is 14.5 Å². The summed E-state index contributed by atoms with van der Waals surface area (Å²) in [4.78, 5) is 21.3. The number of esters is 1. The third-order valence-corrected chi connectivity index (χ3v) is 3.38. The Morgan fingerprint density at radius 1 is 1.50 bits per heavy atom. The van der Waals surface area contributed by atoms with Crippen LogP contribution in [0, 0.1) is 10.1 Å². The molecule has 0 atom stereocenters. The molecule has 0 aliphatic rings. The highest BCUT2D eigenvalue weighted by Gasteiger charge is 2.09. The summed E-state index contributed by atoms with van der Waals surface area (Å²) in [6.45, 7) is 0. The highest BCUT2D eigenvalue weighted by atomic mass is 32.1. The maximum absolute atomic E-state index is 11.0. The van der Waals surface area contributed by atoms with Crippen molar-refractivity contribution in [3.8, 4) is 0 Å². The molecule has 0 aliphatic heterocycles. The Kier molecular flexibility index (Phi) is 3.38. The van der Waals surface area contributed by atoms with Crippen molar-refractivity contribution in [1.82, 2.24) is 0 Å². The highest BCUT2D eigenvalue weighted by molar-refractivity contribution is 7.17. The van der Waals surface area contributed by atoms with Gasteiger partial charge in [0, 0.05) is 28.3 Å². The second-order valence-corrected chi connectivity index (χ2v) is 4.40. The van der Waals surface area contributed by atoms with E-state index in [0.717, 1.165) is 15.6 Å². The molecular formula is C12H9NO4S. The number of nitro groups is 1. The molecule has 1 aromatic heterocycles. The Morgan fingerprint density at radius 2 is 2.28 bits per heavy atom. The first-order valence-corrected chi connectivity index (χ1v) is 5.91. The Bertz CT molecular complexity index is 645. The zero-order chi connectivity index (χ0) is 13.1. The summed E-state index contributed by atoms with van der Waals surface area (Å²) in [5, 5.41) is 13.3. The number of non-ortho nitro benzene ring substituents is 1. The Morgan fingerprint density at radius 3 is 2.94 bits per heavy atom. The molecule has 5 nitrogen and oxygen atoms in total. The first-order valence-electron chi connectivity index (χ1n) is 5.03. The van der Waals surface area contributed by atoms with E-state index in [-0.39, 0.29) is 5.69 Å². The molecule has 0 saturated heterocycles. The molecule has 0 spiro atoms. The van der Waals surface area contributed by atoms with E-state index in [1.807, 2.05) is 5.38 Å². The maximum atomic E-state index is 11.0. The van der Waals surface area contributed by atoms with Crippen LogP contribution in [-0.2, 0) is 9.53 Å². The minimum absolute atomic E-state index is 0.0358. The van der Waals surface area contributed by atoms with Gasteiger partial charge in [-0.2, -0.15) is 0 Å². The van der Waals surface area contributed by atoms with Crippen LogP contribution < -0.4 is 0 Å². The van der Waals surface area contributed by atoms with Gasteiger partial charge in [-0.05, 0) is 23.1 Å². The number of nitrogens with zero attached hydrogens (tertiary/aromatic N) is 1. The number of methoxy groups -OCH3 is 1. The lowest BCUT2D eigenvalue weighted by molar-refractivity contribution is -0.384. The van der Waals surface area contributed by atoms with E-state index >= 15 is 0 Å². The van der Waals surface area contributed by atoms with Crippen LogP contribution in [0.2, 0.25) is 0 Å². The van der Waals surface area contributed by atoms with Crippen LogP contribution in [0.5, 0.6) is 0 Å². The third-order valence-electron chi connectivity index (χ3n) is 2.40.